The quantitative estimate of drug-likeness (QED) is 0.760. The molecule has 1 amide bonds. The summed E-state index contributed by atoms with van der Waals surface area (Å²) in [6.07, 6.45) is 2.16. The van der Waals surface area contributed by atoms with Crippen molar-refractivity contribution in [3.05, 3.63) is 60.0 Å². The Hall–Kier alpha value is -2.82. The van der Waals surface area contributed by atoms with E-state index in [1.54, 1.807) is 0 Å². The Morgan fingerprint density at radius 3 is 3.04 bits per heavy atom. The molecule has 0 saturated carbocycles. The fraction of sp³-hybridized carbons (Fsp3) is 0.222. The van der Waals surface area contributed by atoms with Crippen molar-refractivity contribution in [1.82, 2.24) is 10.3 Å². The SMILES string of the molecule is Cc1cccc(OCC(=O)NCCc2ccc3ocnc3c2)c1. The van der Waals surface area contributed by atoms with E-state index in [2.05, 4.69) is 10.3 Å². The van der Waals surface area contributed by atoms with E-state index in [-0.39, 0.29) is 12.5 Å². The standard InChI is InChI=1S/C18H18N2O3/c1-13-3-2-4-15(9-13)22-11-18(21)19-8-7-14-5-6-17-16(10-14)20-12-23-17/h2-6,9-10,12H,7-8,11H2,1H3,(H,19,21). The zero-order valence-corrected chi connectivity index (χ0v) is 12.9. The molecule has 3 rings (SSSR count). The highest BCUT2D eigenvalue weighted by atomic mass is 16.5. The number of nitrogens with one attached hydrogen (secondary N) is 1. The third-order valence-electron chi connectivity index (χ3n) is 3.49. The van der Waals surface area contributed by atoms with Gasteiger partial charge in [0.2, 0.25) is 0 Å². The van der Waals surface area contributed by atoms with Crippen LogP contribution in [-0.2, 0) is 11.2 Å². The van der Waals surface area contributed by atoms with Gasteiger partial charge in [-0.3, -0.25) is 4.79 Å². The Morgan fingerprint density at radius 2 is 2.17 bits per heavy atom. The molecule has 0 aliphatic rings. The maximum Gasteiger partial charge on any atom is 0.257 e. The first kappa shape index (κ1) is 15.1. The average molecular weight is 310 g/mol. The van der Waals surface area contributed by atoms with Crippen LogP contribution in [0.4, 0.5) is 0 Å². The van der Waals surface area contributed by atoms with Crippen LogP contribution in [0.1, 0.15) is 11.1 Å². The van der Waals surface area contributed by atoms with Gasteiger partial charge >= 0.3 is 0 Å². The number of oxazole rings is 1. The normalized spacial score (nSPS) is 10.7. The van der Waals surface area contributed by atoms with E-state index in [4.69, 9.17) is 9.15 Å². The monoisotopic (exact) mass is 310 g/mol. The molecule has 0 aliphatic heterocycles. The number of fused-ring (bicyclic) bond motifs is 1. The lowest BCUT2D eigenvalue weighted by Crippen LogP contribution is -2.30. The fourth-order valence-corrected chi connectivity index (χ4v) is 2.31. The fourth-order valence-electron chi connectivity index (χ4n) is 2.31. The maximum atomic E-state index is 11.8. The molecule has 1 N–H and O–H groups in total. The van der Waals surface area contributed by atoms with Crippen molar-refractivity contribution < 1.29 is 13.9 Å². The number of nitrogens with zero attached hydrogens (tertiary/aromatic N) is 1. The number of hydrogen-bond donors (Lipinski definition) is 1. The number of hydrogen-bond acceptors (Lipinski definition) is 4. The number of aryl methyl sites for hydroxylation is 1. The Balaban J connectivity index is 1.43. The van der Waals surface area contributed by atoms with Gasteiger partial charge in [-0.2, -0.15) is 0 Å². The minimum atomic E-state index is -0.131. The van der Waals surface area contributed by atoms with Crippen LogP contribution >= 0.6 is 0 Å². The summed E-state index contributed by atoms with van der Waals surface area (Å²) in [4.78, 5) is 15.9. The molecule has 0 atom stereocenters. The second-order valence-corrected chi connectivity index (χ2v) is 5.36. The van der Waals surface area contributed by atoms with Crippen molar-refractivity contribution in [2.45, 2.75) is 13.3 Å². The minimum absolute atomic E-state index is 0.0196. The Morgan fingerprint density at radius 1 is 1.26 bits per heavy atom. The van der Waals surface area contributed by atoms with E-state index in [0.717, 1.165) is 28.6 Å². The molecular formula is C18H18N2O3. The van der Waals surface area contributed by atoms with Crippen LogP contribution in [0.2, 0.25) is 0 Å². The van der Waals surface area contributed by atoms with Gasteiger partial charge in [0.25, 0.3) is 5.91 Å². The molecule has 1 aromatic heterocycles. The van der Waals surface area contributed by atoms with Crippen LogP contribution in [0.25, 0.3) is 11.1 Å². The number of amides is 1. The number of rotatable bonds is 6. The lowest BCUT2D eigenvalue weighted by molar-refractivity contribution is -0.123. The molecule has 0 unspecified atom stereocenters. The number of benzene rings is 2. The lowest BCUT2D eigenvalue weighted by atomic mass is 10.1. The van der Waals surface area contributed by atoms with Gasteiger partial charge in [0.05, 0.1) is 0 Å². The molecule has 0 bridgehead atoms. The average Bonchev–Trinajstić information content (AvgIpc) is 3.01. The van der Waals surface area contributed by atoms with E-state index in [0.29, 0.717) is 12.3 Å². The number of aromatic nitrogens is 1. The van der Waals surface area contributed by atoms with E-state index in [9.17, 15) is 4.79 Å². The molecule has 0 spiro atoms. The minimum Gasteiger partial charge on any atom is -0.484 e. The van der Waals surface area contributed by atoms with E-state index >= 15 is 0 Å². The van der Waals surface area contributed by atoms with Gasteiger partial charge in [0.15, 0.2) is 18.6 Å². The van der Waals surface area contributed by atoms with Crippen molar-refractivity contribution >= 4 is 17.0 Å². The summed E-state index contributed by atoms with van der Waals surface area (Å²) in [6.45, 7) is 2.56. The molecule has 0 radical (unpaired) electrons. The van der Waals surface area contributed by atoms with E-state index in [1.807, 2.05) is 49.4 Å². The molecule has 5 heteroatoms. The third kappa shape index (κ3) is 4.10. The summed E-state index contributed by atoms with van der Waals surface area (Å²) in [6, 6.07) is 13.5. The van der Waals surface area contributed by atoms with Gasteiger partial charge in [-0.25, -0.2) is 4.98 Å². The zero-order chi connectivity index (χ0) is 16.1. The Labute approximate surface area is 134 Å². The summed E-state index contributed by atoms with van der Waals surface area (Å²) in [5.41, 5.74) is 3.80. The highest BCUT2D eigenvalue weighted by molar-refractivity contribution is 5.77. The van der Waals surface area contributed by atoms with E-state index in [1.165, 1.54) is 6.39 Å². The summed E-state index contributed by atoms with van der Waals surface area (Å²) in [5, 5.41) is 2.85. The first-order valence-corrected chi connectivity index (χ1v) is 7.49. The van der Waals surface area contributed by atoms with Gasteiger partial charge in [-0.15, -0.1) is 0 Å². The van der Waals surface area contributed by atoms with Crippen LogP contribution in [0.15, 0.2) is 53.3 Å². The molecule has 1 heterocycles. The highest BCUT2D eigenvalue weighted by Crippen LogP contribution is 2.14. The molecule has 0 fully saturated rings. The van der Waals surface area contributed by atoms with Gasteiger partial charge in [-0.1, -0.05) is 18.2 Å². The van der Waals surface area contributed by atoms with Crippen molar-refractivity contribution in [2.24, 2.45) is 0 Å². The van der Waals surface area contributed by atoms with Gasteiger partial charge < -0.3 is 14.5 Å². The summed E-state index contributed by atoms with van der Waals surface area (Å²) in [5.74, 6) is 0.575. The largest absolute Gasteiger partial charge is 0.484 e. The first-order chi connectivity index (χ1) is 11.2. The third-order valence-corrected chi connectivity index (χ3v) is 3.49. The maximum absolute atomic E-state index is 11.8. The second-order valence-electron chi connectivity index (χ2n) is 5.36. The molecule has 5 nitrogen and oxygen atoms in total. The van der Waals surface area contributed by atoms with Crippen LogP contribution in [0.5, 0.6) is 5.75 Å². The molecular weight excluding hydrogens is 292 g/mol. The van der Waals surface area contributed by atoms with Crippen molar-refractivity contribution in [3.63, 3.8) is 0 Å². The van der Waals surface area contributed by atoms with Crippen LogP contribution in [-0.4, -0.2) is 24.0 Å². The predicted octanol–water partition coefficient (Wildman–Crippen LogP) is 2.87. The number of carbonyl (C=O) groups is 1. The molecule has 3 aromatic rings. The molecule has 0 saturated heterocycles. The van der Waals surface area contributed by atoms with Gasteiger partial charge in [0.1, 0.15) is 11.3 Å². The second kappa shape index (κ2) is 6.96. The molecule has 0 aliphatic carbocycles. The van der Waals surface area contributed by atoms with Gasteiger partial charge in [-0.05, 0) is 48.7 Å². The lowest BCUT2D eigenvalue weighted by Gasteiger charge is -2.08. The zero-order valence-electron chi connectivity index (χ0n) is 12.9. The number of ether oxygens (including phenoxy) is 1. The summed E-state index contributed by atoms with van der Waals surface area (Å²) in [7, 11) is 0. The highest BCUT2D eigenvalue weighted by Gasteiger charge is 2.04. The molecule has 2 aromatic carbocycles. The van der Waals surface area contributed by atoms with Crippen LogP contribution in [0, 0.1) is 6.92 Å². The van der Waals surface area contributed by atoms with Gasteiger partial charge in [0, 0.05) is 6.54 Å². The topological polar surface area (TPSA) is 64.4 Å². The van der Waals surface area contributed by atoms with E-state index < -0.39 is 0 Å². The molecule has 118 valence electrons. The van der Waals surface area contributed by atoms with Crippen LogP contribution in [0.3, 0.4) is 0 Å². The molecule has 23 heavy (non-hydrogen) atoms. The van der Waals surface area contributed by atoms with Crippen molar-refractivity contribution in [1.29, 1.82) is 0 Å². The Kier molecular flexibility index (Phi) is 4.57. The van der Waals surface area contributed by atoms with Crippen molar-refractivity contribution in [3.8, 4) is 5.75 Å². The predicted molar refractivity (Wildman–Crippen MR) is 87.4 cm³/mol. The first-order valence-electron chi connectivity index (χ1n) is 7.49. The number of carbonyl (C=O) groups excluding carboxylic acids is 1. The summed E-state index contributed by atoms with van der Waals surface area (Å²) < 4.78 is 10.7. The Bertz CT molecular complexity index is 811. The van der Waals surface area contributed by atoms with Crippen molar-refractivity contribution in [2.75, 3.05) is 13.2 Å². The van der Waals surface area contributed by atoms with Crippen LogP contribution < -0.4 is 10.1 Å². The smallest absolute Gasteiger partial charge is 0.257 e. The summed E-state index contributed by atoms with van der Waals surface area (Å²) >= 11 is 0.